The van der Waals surface area contributed by atoms with E-state index in [1.165, 1.54) is 6.42 Å². The average molecular weight is 284 g/mol. The molecule has 1 aromatic rings. The molecule has 0 spiro atoms. The molecule has 0 aliphatic heterocycles. The first-order valence-electron chi connectivity index (χ1n) is 7.63. The van der Waals surface area contributed by atoms with Crippen molar-refractivity contribution in [1.82, 2.24) is 0 Å². The van der Waals surface area contributed by atoms with Crippen molar-refractivity contribution in [2.75, 3.05) is 11.9 Å². The summed E-state index contributed by atoms with van der Waals surface area (Å²) in [7, 11) is 0. The number of hydrogen-bond donors (Lipinski definition) is 2. The molecule has 0 radical (unpaired) electrons. The largest absolute Gasteiger partial charge is 0.326 e. The number of anilines is 1. The summed E-state index contributed by atoms with van der Waals surface area (Å²) in [5.41, 5.74) is 7.19. The van der Waals surface area contributed by atoms with Crippen LogP contribution in [0.3, 0.4) is 0 Å². The van der Waals surface area contributed by atoms with E-state index in [1.807, 2.05) is 24.3 Å². The zero-order valence-electron chi connectivity index (χ0n) is 12.9. The highest BCUT2D eigenvalue weighted by Gasteiger charge is 2.36. The summed E-state index contributed by atoms with van der Waals surface area (Å²) in [4.78, 5) is 12.5. The van der Waals surface area contributed by atoms with Gasteiger partial charge in [0.15, 0.2) is 0 Å². The van der Waals surface area contributed by atoms with E-state index in [0.29, 0.717) is 6.54 Å². The minimum absolute atomic E-state index is 0.0921. The third-order valence-electron chi connectivity index (χ3n) is 4.31. The summed E-state index contributed by atoms with van der Waals surface area (Å²) >= 11 is 0. The Bertz CT molecular complexity index is 549. The Kier molecular flexibility index (Phi) is 5.03. The monoisotopic (exact) mass is 284 g/mol. The number of amides is 1. The molecular formula is C18H24N2O. The summed E-state index contributed by atoms with van der Waals surface area (Å²) in [6.45, 7) is 4.75. The molecule has 1 unspecified atom stereocenters. The van der Waals surface area contributed by atoms with Crippen molar-refractivity contribution in [3.63, 3.8) is 0 Å². The molecule has 3 N–H and O–H groups in total. The van der Waals surface area contributed by atoms with Crippen LogP contribution in [0.2, 0.25) is 0 Å². The van der Waals surface area contributed by atoms with Crippen LogP contribution >= 0.6 is 0 Å². The lowest BCUT2D eigenvalue weighted by Crippen LogP contribution is -2.37. The van der Waals surface area contributed by atoms with Gasteiger partial charge in [-0.15, -0.1) is 0 Å². The first kappa shape index (κ1) is 15.6. The van der Waals surface area contributed by atoms with Crippen LogP contribution in [0.15, 0.2) is 24.3 Å². The Morgan fingerprint density at radius 3 is 2.67 bits per heavy atom. The topological polar surface area (TPSA) is 55.1 Å². The van der Waals surface area contributed by atoms with Gasteiger partial charge in [-0.3, -0.25) is 4.79 Å². The molecule has 0 heterocycles. The Balaban J connectivity index is 2.02. The third-order valence-corrected chi connectivity index (χ3v) is 4.31. The first-order chi connectivity index (χ1) is 10.0. The van der Waals surface area contributed by atoms with Gasteiger partial charge < -0.3 is 11.1 Å². The maximum Gasteiger partial charge on any atom is 0.228 e. The number of carbonyl (C=O) groups is 1. The average Bonchev–Trinajstić information content (AvgIpc) is 2.46. The lowest BCUT2D eigenvalue weighted by molar-refractivity contribution is -0.124. The van der Waals surface area contributed by atoms with Gasteiger partial charge in [0.25, 0.3) is 0 Å². The molecule has 21 heavy (non-hydrogen) atoms. The van der Waals surface area contributed by atoms with Gasteiger partial charge in [0.05, 0.1) is 6.54 Å². The van der Waals surface area contributed by atoms with Gasteiger partial charge in [-0.25, -0.2) is 0 Å². The molecule has 3 nitrogen and oxygen atoms in total. The van der Waals surface area contributed by atoms with Crippen LogP contribution in [0.4, 0.5) is 5.69 Å². The van der Waals surface area contributed by atoms with Gasteiger partial charge in [-0.1, -0.05) is 38.5 Å². The number of benzene rings is 1. The molecule has 0 saturated heterocycles. The van der Waals surface area contributed by atoms with E-state index >= 15 is 0 Å². The molecule has 1 aliphatic carbocycles. The maximum absolute atomic E-state index is 12.5. The zero-order valence-corrected chi connectivity index (χ0v) is 12.9. The van der Waals surface area contributed by atoms with Gasteiger partial charge in [-0.2, -0.15) is 0 Å². The Hall–Kier alpha value is -1.79. The molecule has 0 aromatic heterocycles. The van der Waals surface area contributed by atoms with Crippen LogP contribution in [-0.4, -0.2) is 12.5 Å². The first-order valence-corrected chi connectivity index (χ1v) is 7.63. The lowest BCUT2D eigenvalue weighted by Gasteiger charge is -2.37. The van der Waals surface area contributed by atoms with E-state index in [0.717, 1.165) is 30.5 Å². The van der Waals surface area contributed by atoms with Crippen molar-refractivity contribution >= 4 is 11.6 Å². The van der Waals surface area contributed by atoms with Crippen molar-refractivity contribution in [2.24, 2.45) is 17.1 Å². The van der Waals surface area contributed by atoms with E-state index in [2.05, 4.69) is 31.0 Å². The second kappa shape index (κ2) is 6.78. The van der Waals surface area contributed by atoms with Gasteiger partial charge in [-0.05, 0) is 42.5 Å². The SMILES string of the molecule is CC1(C)CCCCC1C(=O)Nc1ccc(C#CCN)cc1. The van der Waals surface area contributed by atoms with E-state index in [9.17, 15) is 4.79 Å². The van der Waals surface area contributed by atoms with Crippen LogP contribution in [0.25, 0.3) is 0 Å². The fourth-order valence-corrected chi connectivity index (χ4v) is 3.00. The van der Waals surface area contributed by atoms with Crippen molar-refractivity contribution in [1.29, 1.82) is 0 Å². The molecule has 1 amide bonds. The summed E-state index contributed by atoms with van der Waals surface area (Å²) in [5, 5.41) is 3.04. The predicted molar refractivity (Wildman–Crippen MR) is 86.7 cm³/mol. The molecule has 1 saturated carbocycles. The third kappa shape index (κ3) is 4.09. The smallest absolute Gasteiger partial charge is 0.228 e. The van der Waals surface area contributed by atoms with E-state index in [1.54, 1.807) is 0 Å². The summed E-state index contributed by atoms with van der Waals surface area (Å²) in [6.07, 6.45) is 4.48. The van der Waals surface area contributed by atoms with Crippen LogP contribution in [0.5, 0.6) is 0 Å². The van der Waals surface area contributed by atoms with Crippen LogP contribution in [-0.2, 0) is 4.79 Å². The van der Waals surface area contributed by atoms with Gasteiger partial charge >= 0.3 is 0 Å². The number of rotatable bonds is 2. The quantitative estimate of drug-likeness (QED) is 0.820. The maximum atomic E-state index is 12.5. The summed E-state index contributed by atoms with van der Waals surface area (Å²) in [5.74, 6) is 6.03. The number of hydrogen-bond acceptors (Lipinski definition) is 2. The van der Waals surface area contributed by atoms with Crippen LogP contribution < -0.4 is 11.1 Å². The fraction of sp³-hybridized carbons (Fsp3) is 0.500. The second-order valence-corrected chi connectivity index (χ2v) is 6.36. The molecule has 2 rings (SSSR count). The lowest BCUT2D eigenvalue weighted by atomic mass is 9.68. The molecule has 1 fully saturated rings. The molecule has 1 aliphatic rings. The zero-order chi connectivity index (χ0) is 15.3. The molecule has 3 heteroatoms. The van der Waals surface area contributed by atoms with Crippen molar-refractivity contribution in [2.45, 2.75) is 39.5 Å². The molecular weight excluding hydrogens is 260 g/mol. The number of nitrogens with one attached hydrogen (secondary N) is 1. The van der Waals surface area contributed by atoms with Crippen LogP contribution in [0, 0.1) is 23.2 Å². The summed E-state index contributed by atoms with van der Waals surface area (Å²) in [6, 6.07) is 7.61. The minimum Gasteiger partial charge on any atom is -0.326 e. The molecule has 1 atom stereocenters. The number of carbonyl (C=O) groups excluding carboxylic acids is 1. The highest BCUT2D eigenvalue weighted by Crippen LogP contribution is 2.41. The van der Waals surface area contributed by atoms with Gasteiger partial charge in [0.1, 0.15) is 0 Å². The summed E-state index contributed by atoms with van der Waals surface area (Å²) < 4.78 is 0. The Labute approximate surface area is 127 Å². The minimum atomic E-state index is 0.0921. The fourth-order valence-electron chi connectivity index (χ4n) is 3.00. The standard InChI is InChI=1S/C18H24N2O/c1-18(2)12-4-3-7-16(18)17(21)20-15-10-8-14(9-11-15)6-5-13-19/h8-11,16H,3-4,7,12-13,19H2,1-2H3,(H,20,21). The van der Waals surface area contributed by atoms with Crippen molar-refractivity contribution < 1.29 is 4.79 Å². The van der Waals surface area contributed by atoms with Crippen molar-refractivity contribution in [3.8, 4) is 11.8 Å². The van der Waals surface area contributed by atoms with Crippen molar-refractivity contribution in [3.05, 3.63) is 29.8 Å². The number of nitrogens with two attached hydrogens (primary N) is 1. The molecule has 112 valence electrons. The van der Waals surface area contributed by atoms with Gasteiger partial charge in [0.2, 0.25) is 5.91 Å². The van der Waals surface area contributed by atoms with E-state index in [4.69, 9.17) is 5.73 Å². The second-order valence-electron chi connectivity index (χ2n) is 6.36. The Morgan fingerprint density at radius 1 is 1.33 bits per heavy atom. The molecule has 0 bridgehead atoms. The highest BCUT2D eigenvalue weighted by atomic mass is 16.1. The highest BCUT2D eigenvalue weighted by molar-refractivity contribution is 5.93. The predicted octanol–water partition coefficient (Wildman–Crippen LogP) is 3.15. The van der Waals surface area contributed by atoms with E-state index < -0.39 is 0 Å². The van der Waals surface area contributed by atoms with E-state index in [-0.39, 0.29) is 17.2 Å². The van der Waals surface area contributed by atoms with Gasteiger partial charge in [0, 0.05) is 17.2 Å². The van der Waals surface area contributed by atoms with Crippen LogP contribution in [0.1, 0.15) is 45.1 Å². The molecule has 1 aromatic carbocycles. The normalized spacial score (nSPS) is 20.2. The Morgan fingerprint density at radius 2 is 2.05 bits per heavy atom.